The SMILES string of the molecule is c1ccc(-c2ccccc2N(c2ccccc2)c2ccc3cc4oc5cc6ccc(N(c7ccccc7)c7ccccc7-c7ccccc7)cc6cc5c4cc3c2)cc1. The third-order valence-electron chi connectivity index (χ3n) is 11.4. The van der Waals surface area contributed by atoms with Gasteiger partial charge in [0.05, 0.1) is 11.4 Å². The zero-order valence-corrected chi connectivity index (χ0v) is 32.2. The Morgan fingerprint density at radius 3 is 1.07 bits per heavy atom. The van der Waals surface area contributed by atoms with Crippen LogP contribution in [0.1, 0.15) is 0 Å². The fourth-order valence-electron chi connectivity index (χ4n) is 8.58. The van der Waals surface area contributed by atoms with Crippen LogP contribution in [0.3, 0.4) is 0 Å². The highest BCUT2D eigenvalue weighted by atomic mass is 16.3. The summed E-state index contributed by atoms with van der Waals surface area (Å²) in [5, 5.41) is 6.76. The number of anilines is 6. The minimum atomic E-state index is 0.882. The molecule has 3 nitrogen and oxygen atoms in total. The molecular weight excluding hydrogens is 717 g/mol. The Bertz CT molecular complexity index is 3050. The number of para-hydroxylation sites is 4. The van der Waals surface area contributed by atoms with Crippen molar-refractivity contribution in [2.24, 2.45) is 0 Å². The van der Waals surface area contributed by atoms with Gasteiger partial charge in [-0.25, -0.2) is 0 Å². The molecule has 11 aromatic rings. The summed E-state index contributed by atoms with van der Waals surface area (Å²) in [5.41, 5.74) is 13.1. The molecule has 0 saturated carbocycles. The smallest absolute Gasteiger partial charge is 0.136 e. The van der Waals surface area contributed by atoms with Crippen LogP contribution in [0.15, 0.2) is 235 Å². The van der Waals surface area contributed by atoms with Crippen LogP contribution in [0.25, 0.3) is 65.7 Å². The van der Waals surface area contributed by atoms with Crippen molar-refractivity contribution in [3.8, 4) is 22.3 Å². The average Bonchev–Trinajstić information content (AvgIpc) is 3.65. The lowest BCUT2D eigenvalue weighted by Crippen LogP contribution is -2.11. The number of hydrogen-bond acceptors (Lipinski definition) is 3. The summed E-state index contributed by atoms with van der Waals surface area (Å²) >= 11 is 0. The summed E-state index contributed by atoms with van der Waals surface area (Å²) < 4.78 is 6.61. The van der Waals surface area contributed by atoms with Crippen LogP contribution < -0.4 is 9.80 Å². The molecule has 0 unspecified atom stereocenters. The van der Waals surface area contributed by atoms with E-state index in [1.165, 1.54) is 22.3 Å². The quantitative estimate of drug-likeness (QED) is 0.154. The number of fused-ring (bicyclic) bond motifs is 5. The Kier molecular flexibility index (Phi) is 8.49. The van der Waals surface area contributed by atoms with Gasteiger partial charge in [0, 0.05) is 44.6 Å². The molecule has 0 aliphatic heterocycles. The summed E-state index contributed by atoms with van der Waals surface area (Å²) in [5.74, 6) is 0. The van der Waals surface area contributed by atoms with Crippen LogP contribution in [0.2, 0.25) is 0 Å². The van der Waals surface area contributed by atoms with Crippen LogP contribution in [0, 0.1) is 0 Å². The lowest BCUT2D eigenvalue weighted by molar-refractivity contribution is 0.670. The number of nitrogens with zero attached hydrogens (tertiary/aromatic N) is 2. The highest BCUT2D eigenvalue weighted by molar-refractivity contribution is 6.14. The third-order valence-corrected chi connectivity index (χ3v) is 11.4. The van der Waals surface area contributed by atoms with Crippen molar-refractivity contribution < 1.29 is 4.42 Å². The van der Waals surface area contributed by atoms with Gasteiger partial charge in [0.25, 0.3) is 0 Å². The molecule has 0 amide bonds. The second-order valence-electron chi connectivity index (χ2n) is 15.0. The molecule has 0 atom stereocenters. The van der Waals surface area contributed by atoms with Crippen LogP contribution in [-0.2, 0) is 0 Å². The first-order chi connectivity index (χ1) is 29.2. The molecule has 0 aliphatic rings. The lowest BCUT2D eigenvalue weighted by atomic mass is 10.00. The van der Waals surface area contributed by atoms with Crippen molar-refractivity contribution >= 4 is 77.6 Å². The molecular formula is C56H38N2O. The molecule has 0 bridgehead atoms. The van der Waals surface area contributed by atoms with Crippen LogP contribution in [-0.4, -0.2) is 0 Å². The van der Waals surface area contributed by atoms with Gasteiger partial charge < -0.3 is 14.2 Å². The van der Waals surface area contributed by atoms with E-state index in [4.69, 9.17) is 4.42 Å². The van der Waals surface area contributed by atoms with Gasteiger partial charge in [-0.15, -0.1) is 0 Å². The zero-order valence-electron chi connectivity index (χ0n) is 32.2. The van der Waals surface area contributed by atoms with E-state index in [1.54, 1.807) is 0 Å². The Morgan fingerprint density at radius 2 is 0.644 bits per heavy atom. The first-order valence-electron chi connectivity index (χ1n) is 20.1. The number of hydrogen-bond donors (Lipinski definition) is 0. The van der Waals surface area contributed by atoms with Gasteiger partial charge in [-0.3, -0.25) is 0 Å². The Balaban J connectivity index is 1.05. The van der Waals surface area contributed by atoms with E-state index < -0.39 is 0 Å². The highest BCUT2D eigenvalue weighted by Crippen LogP contribution is 2.44. The topological polar surface area (TPSA) is 19.6 Å². The maximum Gasteiger partial charge on any atom is 0.136 e. The number of rotatable bonds is 8. The van der Waals surface area contributed by atoms with Gasteiger partial charge in [0.15, 0.2) is 0 Å². The Hall–Kier alpha value is -7.88. The molecule has 11 rings (SSSR count). The van der Waals surface area contributed by atoms with Gasteiger partial charge in [-0.2, -0.15) is 0 Å². The van der Waals surface area contributed by atoms with Gasteiger partial charge >= 0.3 is 0 Å². The van der Waals surface area contributed by atoms with E-state index in [0.29, 0.717) is 0 Å². The van der Waals surface area contributed by atoms with Crippen molar-refractivity contribution in [2.75, 3.05) is 9.80 Å². The molecule has 59 heavy (non-hydrogen) atoms. The largest absolute Gasteiger partial charge is 0.456 e. The number of benzene rings is 10. The molecule has 0 radical (unpaired) electrons. The monoisotopic (exact) mass is 754 g/mol. The minimum absolute atomic E-state index is 0.882. The van der Waals surface area contributed by atoms with Gasteiger partial charge in [0.1, 0.15) is 11.2 Å². The van der Waals surface area contributed by atoms with Crippen LogP contribution in [0.5, 0.6) is 0 Å². The molecule has 10 aromatic carbocycles. The molecule has 0 fully saturated rings. The predicted molar refractivity (Wildman–Crippen MR) is 249 cm³/mol. The summed E-state index contributed by atoms with van der Waals surface area (Å²) in [6.45, 7) is 0. The molecule has 0 N–H and O–H groups in total. The first-order valence-corrected chi connectivity index (χ1v) is 20.1. The Labute approximate surface area is 343 Å². The zero-order chi connectivity index (χ0) is 39.1. The summed E-state index contributed by atoms with van der Waals surface area (Å²) in [4.78, 5) is 4.73. The van der Waals surface area contributed by atoms with Crippen molar-refractivity contribution in [3.05, 3.63) is 231 Å². The fourth-order valence-corrected chi connectivity index (χ4v) is 8.58. The van der Waals surface area contributed by atoms with Crippen molar-refractivity contribution in [3.63, 3.8) is 0 Å². The van der Waals surface area contributed by atoms with E-state index in [1.807, 2.05) is 0 Å². The van der Waals surface area contributed by atoms with E-state index in [9.17, 15) is 0 Å². The van der Waals surface area contributed by atoms with Gasteiger partial charge in [-0.05, 0) is 118 Å². The summed E-state index contributed by atoms with van der Waals surface area (Å²) in [6, 6.07) is 82.3. The summed E-state index contributed by atoms with van der Waals surface area (Å²) in [7, 11) is 0. The molecule has 3 heteroatoms. The fraction of sp³-hybridized carbons (Fsp3) is 0. The molecule has 1 heterocycles. The molecule has 0 saturated heterocycles. The standard InChI is InChI=1S/C56H38N2O/c1-5-17-39(18-6-1)49-25-13-15-27-53(49)57(45-21-9-3-10-22-45)47-31-29-41-37-55-51(35-43(41)33-47)52-36-44-34-48(32-30-42(44)38-56(52)59-55)58(46-23-11-4-12-24-46)54-28-16-14-26-50(54)40-19-7-2-8-20-40/h1-38H. The van der Waals surface area contributed by atoms with Crippen molar-refractivity contribution in [1.29, 1.82) is 0 Å². The van der Waals surface area contributed by atoms with Crippen molar-refractivity contribution in [2.45, 2.75) is 0 Å². The van der Waals surface area contributed by atoms with Crippen molar-refractivity contribution in [1.82, 2.24) is 0 Å². The second kappa shape index (κ2) is 14.6. The van der Waals surface area contributed by atoms with E-state index in [2.05, 4.69) is 240 Å². The highest BCUT2D eigenvalue weighted by Gasteiger charge is 2.20. The number of furan rings is 1. The van der Waals surface area contributed by atoms with E-state index in [-0.39, 0.29) is 0 Å². The molecule has 1 aromatic heterocycles. The molecule has 0 spiro atoms. The van der Waals surface area contributed by atoms with E-state index in [0.717, 1.165) is 77.6 Å². The average molecular weight is 755 g/mol. The first kappa shape index (κ1) is 34.4. The van der Waals surface area contributed by atoms with Gasteiger partial charge in [-0.1, -0.05) is 146 Å². The molecule has 0 aliphatic carbocycles. The van der Waals surface area contributed by atoms with E-state index >= 15 is 0 Å². The molecule has 278 valence electrons. The van der Waals surface area contributed by atoms with Crippen LogP contribution in [0.4, 0.5) is 34.1 Å². The minimum Gasteiger partial charge on any atom is -0.456 e. The third kappa shape index (κ3) is 6.26. The lowest BCUT2D eigenvalue weighted by Gasteiger charge is -2.28. The predicted octanol–water partition coefficient (Wildman–Crippen LogP) is 16.2. The Morgan fingerprint density at radius 1 is 0.271 bits per heavy atom. The van der Waals surface area contributed by atoms with Crippen LogP contribution >= 0.6 is 0 Å². The second-order valence-corrected chi connectivity index (χ2v) is 15.0. The normalized spacial score (nSPS) is 11.4. The maximum atomic E-state index is 6.61. The van der Waals surface area contributed by atoms with Gasteiger partial charge in [0.2, 0.25) is 0 Å². The summed E-state index contributed by atoms with van der Waals surface area (Å²) in [6.07, 6.45) is 0. The maximum absolute atomic E-state index is 6.61.